The van der Waals surface area contributed by atoms with Crippen molar-refractivity contribution in [2.24, 2.45) is 0 Å². The van der Waals surface area contributed by atoms with Gasteiger partial charge in [0, 0.05) is 17.5 Å². The molecule has 0 bridgehead atoms. The third-order valence-electron chi connectivity index (χ3n) is 3.65. The van der Waals surface area contributed by atoms with Crippen molar-refractivity contribution in [3.8, 4) is 11.4 Å². The number of aromatic nitrogens is 5. The number of imidazole rings is 1. The fourth-order valence-corrected chi connectivity index (χ4v) is 3.42. The van der Waals surface area contributed by atoms with Gasteiger partial charge >= 0.3 is 0 Å². The molecular weight excluding hydrogens is 282 g/mol. The van der Waals surface area contributed by atoms with Gasteiger partial charge in [0.1, 0.15) is 5.82 Å². The van der Waals surface area contributed by atoms with E-state index in [1.807, 2.05) is 38.4 Å². The van der Waals surface area contributed by atoms with Crippen molar-refractivity contribution < 1.29 is 0 Å². The standard InChI is InChI=1S/C15H13N5S/c1-8-11(5-4-6-16-8)13-18-9(2)12-10(3)19-15-14(20(12)13)17-7-21-15/h4-7H,1-3H3. The highest BCUT2D eigenvalue weighted by atomic mass is 32.1. The number of hydrogen-bond acceptors (Lipinski definition) is 5. The first-order valence-corrected chi connectivity index (χ1v) is 7.55. The van der Waals surface area contributed by atoms with Crippen molar-refractivity contribution in [3.05, 3.63) is 40.9 Å². The molecule has 0 aliphatic carbocycles. The quantitative estimate of drug-likeness (QED) is 0.540. The van der Waals surface area contributed by atoms with Gasteiger partial charge in [-0.1, -0.05) is 0 Å². The molecule has 0 fully saturated rings. The van der Waals surface area contributed by atoms with E-state index in [9.17, 15) is 0 Å². The molecular formula is C15H13N5S. The van der Waals surface area contributed by atoms with Gasteiger partial charge in [0.2, 0.25) is 0 Å². The Bertz CT molecular complexity index is 982. The Hall–Kier alpha value is -2.34. The second-order valence-corrected chi connectivity index (χ2v) is 5.85. The second-order valence-electron chi connectivity index (χ2n) is 5.02. The summed E-state index contributed by atoms with van der Waals surface area (Å²) in [5.74, 6) is 0.884. The van der Waals surface area contributed by atoms with Gasteiger partial charge in [0.05, 0.1) is 22.4 Å². The van der Waals surface area contributed by atoms with Crippen LogP contribution in [0.3, 0.4) is 0 Å². The lowest BCUT2D eigenvalue weighted by atomic mass is 10.2. The molecule has 21 heavy (non-hydrogen) atoms. The van der Waals surface area contributed by atoms with Crippen molar-refractivity contribution >= 4 is 27.3 Å². The smallest absolute Gasteiger partial charge is 0.176 e. The fraction of sp³-hybridized carbons (Fsp3) is 0.200. The normalized spacial score (nSPS) is 11.6. The summed E-state index contributed by atoms with van der Waals surface area (Å²) in [4.78, 5) is 19.2. The number of thiazole rings is 1. The van der Waals surface area contributed by atoms with Gasteiger partial charge < -0.3 is 0 Å². The van der Waals surface area contributed by atoms with Gasteiger partial charge in [0.25, 0.3) is 0 Å². The predicted molar refractivity (Wildman–Crippen MR) is 83.6 cm³/mol. The van der Waals surface area contributed by atoms with E-state index in [2.05, 4.69) is 19.4 Å². The maximum Gasteiger partial charge on any atom is 0.176 e. The summed E-state index contributed by atoms with van der Waals surface area (Å²) >= 11 is 1.55. The zero-order valence-corrected chi connectivity index (χ0v) is 12.8. The third kappa shape index (κ3) is 1.69. The number of fused-ring (bicyclic) bond motifs is 3. The molecule has 5 nitrogen and oxygen atoms in total. The van der Waals surface area contributed by atoms with Crippen LogP contribution < -0.4 is 0 Å². The fourth-order valence-electron chi connectivity index (χ4n) is 2.73. The average molecular weight is 295 g/mol. The van der Waals surface area contributed by atoms with Crippen molar-refractivity contribution in [1.29, 1.82) is 0 Å². The number of pyridine rings is 1. The van der Waals surface area contributed by atoms with E-state index in [0.717, 1.165) is 44.5 Å². The highest BCUT2D eigenvalue weighted by molar-refractivity contribution is 7.16. The van der Waals surface area contributed by atoms with Gasteiger partial charge in [-0.25, -0.2) is 15.0 Å². The van der Waals surface area contributed by atoms with E-state index in [4.69, 9.17) is 4.98 Å². The van der Waals surface area contributed by atoms with E-state index >= 15 is 0 Å². The van der Waals surface area contributed by atoms with Crippen molar-refractivity contribution in [1.82, 2.24) is 24.3 Å². The molecule has 0 radical (unpaired) electrons. The Morgan fingerprint density at radius 2 is 1.81 bits per heavy atom. The molecule has 0 unspecified atom stereocenters. The highest BCUT2D eigenvalue weighted by Gasteiger charge is 2.18. The zero-order valence-electron chi connectivity index (χ0n) is 12.0. The van der Waals surface area contributed by atoms with E-state index in [-0.39, 0.29) is 0 Å². The first-order chi connectivity index (χ1) is 10.2. The van der Waals surface area contributed by atoms with Gasteiger partial charge in [-0.3, -0.25) is 9.38 Å². The van der Waals surface area contributed by atoms with Gasteiger partial charge in [-0.2, -0.15) is 0 Å². The van der Waals surface area contributed by atoms with Crippen LogP contribution in [0.15, 0.2) is 23.8 Å². The van der Waals surface area contributed by atoms with Crippen LogP contribution in [0.4, 0.5) is 0 Å². The Morgan fingerprint density at radius 3 is 2.62 bits per heavy atom. The van der Waals surface area contributed by atoms with Crippen LogP contribution in [0.1, 0.15) is 17.1 Å². The molecule has 0 atom stereocenters. The Kier molecular flexibility index (Phi) is 2.56. The molecule has 0 aromatic carbocycles. The molecule has 0 amide bonds. The summed E-state index contributed by atoms with van der Waals surface area (Å²) in [6.45, 7) is 6.03. The molecule has 0 aliphatic rings. The topological polar surface area (TPSA) is 56.0 Å². The number of aryl methyl sites for hydroxylation is 3. The maximum absolute atomic E-state index is 4.76. The summed E-state index contributed by atoms with van der Waals surface area (Å²) in [5.41, 5.74) is 7.65. The molecule has 4 aromatic heterocycles. The SMILES string of the molecule is Cc1ncccc1-c1nc(C)c2c(C)nc3scnc3n12. The molecule has 0 aliphatic heterocycles. The van der Waals surface area contributed by atoms with Crippen molar-refractivity contribution in [2.75, 3.05) is 0 Å². The first kappa shape index (κ1) is 12.4. The van der Waals surface area contributed by atoms with E-state index in [1.165, 1.54) is 0 Å². The molecule has 4 aromatic rings. The van der Waals surface area contributed by atoms with Crippen LogP contribution in [-0.2, 0) is 0 Å². The van der Waals surface area contributed by atoms with E-state index in [1.54, 1.807) is 17.5 Å². The molecule has 0 saturated carbocycles. The first-order valence-electron chi connectivity index (χ1n) is 6.67. The van der Waals surface area contributed by atoms with Crippen LogP contribution in [0.5, 0.6) is 0 Å². The minimum Gasteiger partial charge on any atom is -0.272 e. The lowest BCUT2D eigenvalue weighted by molar-refractivity contribution is 1.11. The van der Waals surface area contributed by atoms with Crippen molar-refractivity contribution in [3.63, 3.8) is 0 Å². The van der Waals surface area contributed by atoms with E-state index in [0.29, 0.717) is 0 Å². The lowest BCUT2D eigenvalue weighted by Crippen LogP contribution is -1.98. The molecule has 0 spiro atoms. The largest absolute Gasteiger partial charge is 0.272 e. The van der Waals surface area contributed by atoms with Crippen molar-refractivity contribution in [2.45, 2.75) is 20.8 Å². The summed E-state index contributed by atoms with van der Waals surface area (Å²) < 4.78 is 2.10. The van der Waals surface area contributed by atoms with Crippen LogP contribution in [0, 0.1) is 20.8 Å². The Balaban J connectivity index is 2.23. The van der Waals surface area contributed by atoms with Gasteiger partial charge in [-0.15, -0.1) is 11.3 Å². The van der Waals surface area contributed by atoms with Crippen LogP contribution in [0.25, 0.3) is 27.4 Å². The summed E-state index contributed by atoms with van der Waals surface area (Å²) in [7, 11) is 0. The average Bonchev–Trinajstić information content (AvgIpc) is 3.04. The summed E-state index contributed by atoms with van der Waals surface area (Å²) in [6, 6.07) is 3.98. The Morgan fingerprint density at radius 1 is 1.00 bits per heavy atom. The molecule has 104 valence electrons. The zero-order chi connectivity index (χ0) is 14.6. The number of nitrogens with zero attached hydrogens (tertiary/aromatic N) is 5. The number of hydrogen-bond donors (Lipinski definition) is 0. The minimum atomic E-state index is 0.861. The number of rotatable bonds is 1. The molecule has 6 heteroatoms. The highest BCUT2D eigenvalue weighted by Crippen LogP contribution is 2.29. The maximum atomic E-state index is 4.76. The second kappa shape index (κ2) is 4.33. The molecule has 4 heterocycles. The molecule has 4 rings (SSSR count). The lowest BCUT2D eigenvalue weighted by Gasteiger charge is -2.06. The Labute approximate surface area is 125 Å². The van der Waals surface area contributed by atoms with Gasteiger partial charge in [0.15, 0.2) is 10.5 Å². The predicted octanol–water partition coefficient (Wildman–Crippen LogP) is 3.33. The van der Waals surface area contributed by atoms with Crippen LogP contribution in [-0.4, -0.2) is 24.3 Å². The van der Waals surface area contributed by atoms with Gasteiger partial charge in [-0.05, 0) is 32.9 Å². The summed E-state index contributed by atoms with van der Waals surface area (Å²) in [6.07, 6.45) is 1.80. The molecule has 0 saturated heterocycles. The monoisotopic (exact) mass is 295 g/mol. The molecule has 0 N–H and O–H groups in total. The minimum absolute atomic E-state index is 0.861. The van der Waals surface area contributed by atoms with Crippen LogP contribution in [0.2, 0.25) is 0 Å². The van der Waals surface area contributed by atoms with E-state index < -0.39 is 0 Å². The third-order valence-corrected chi connectivity index (χ3v) is 4.36. The summed E-state index contributed by atoms with van der Waals surface area (Å²) in [5, 5.41) is 0. The van der Waals surface area contributed by atoms with Crippen LogP contribution >= 0.6 is 11.3 Å².